The summed E-state index contributed by atoms with van der Waals surface area (Å²) in [7, 11) is 0. The van der Waals surface area contributed by atoms with E-state index in [4.69, 9.17) is 5.11 Å². The maximum atomic E-state index is 10.6. The van der Waals surface area contributed by atoms with Crippen molar-refractivity contribution >= 4 is 5.97 Å². The predicted octanol–water partition coefficient (Wildman–Crippen LogP) is 9.41. The van der Waals surface area contributed by atoms with Crippen LogP contribution in [0.2, 0.25) is 0 Å². The fraction of sp³-hybridized carbons (Fsp3) is 0.963. The minimum atomic E-state index is -0.654. The van der Waals surface area contributed by atoms with Gasteiger partial charge in [-0.15, -0.1) is 0 Å². The average Bonchev–Trinajstić information content (AvgIpc) is 2.66. The van der Waals surface area contributed by atoms with E-state index in [1.54, 1.807) is 0 Å². The first kappa shape index (κ1) is 28.5. The van der Waals surface area contributed by atoms with Crippen molar-refractivity contribution in [2.75, 3.05) is 0 Å². The Balaban J connectivity index is 3.31. The molecule has 0 spiro atoms. The van der Waals surface area contributed by atoms with Crippen LogP contribution in [0.4, 0.5) is 0 Å². The number of unbranched alkanes of at least 4 members (excludes halogenated alkanes) is 10. The lowest BCUT2D eigenvalue weighted by atomic mass is 9.93. The third kappa shape index (κ3) is 22.0. The van der Waals surface area contributed by atoms with Crippen LogP contribution in [0.1, 0.15) is 150 Å². The Hall–Kier alpha value is -0.530. The van der Waals surface area contributed by atoms with E-state index in [2.05, 4.69) is 27.7 Å². The summed E-state index contributed by atoms with van der Waals surface area (Å²) >= 11 is 0. The van der Waals surface area contributed by atoms with Crippen LogP contribution in [0.3, 0.4) is 0 Å². The third-order valence-electron chi connectivity index (χ3n) is 6.61. The first-order valence-corrected chi connectivity index (χ1v) is 13.2. The molecule has 0 rings (SSSR count). The molecule has 3 atom stereocenters. The van der Waals surface area contributed by atoms with Gasteiger partial charge in [-0.1, -0.05) is 143 Å². The summed E-state index contributed by atoms with van der Waals surface area (Å²) in [6.07, 6.45) is 25.0. The maximum Gasteiger partial charge on any atom is 0.303 e. The van der Waals surface area contributed by atoms with E-state index < -0.39 is 5.97 Å². The smallest absolute Gasteiger partial charge is 0.303 e. The Labute approximate surface area is 183 Å². The molecule has 0 saturated carbocycles. The van der Waals surface area contributed by atoms with E-state index in [9.17, 15) is 4.79 Å². The summed E-state index contributed by atoms with van der Waals surface area (Å²) in [5, 5.41) is 8.77. The maximum absolute atomic E-state index is 10.6. The molecule has 0 aliphatic carbocycles. The van der Waals surface area contributed by atoms with Crippen LogP contribution in [0.5, 0.6) is 0 Å². The van der Waals surface area contributed by atoms with Crippen LogP contribution in [-0.4, -0.2) is 11.1 Å². The molecule has 0 heterocycles. The van der Waals surface area contributed by atoms with Crippen LogP contribution >= 0.6 is 0 Å². The molecule has 0 aliphatic heterocycles. The zero-order valence-corrected chi connectivity index (χ0v) is 20.5. The SMILES string of the molecule is CCCCCC(C)CCCCCC(C)CCCCCCCCCC(C)CC(=O)O. The van der Waals surface area contributed by atoms with E-state index >= 15 is 0 Å². The van der Waals surface area contributed by atoms with Crippen LogP contribution in [-0.2, 0) is 4.79 Å². The van der Waals surface area contributed by atoms with E-state index in [1.165, 1.54) is 109 Å². The van der Waals surface area contributed by atoms with Crippen molar-refractivity contribution in [3.05, 3.63) is 0 Å². The second-order valence-corrected chi connectivity index (χ2v) is 10.1. The Morgan fingerprint density at radius 2 is 0.862 bits per heavy atom. The fourth-order valence-corrected chi connectivity index (χ4v) is 4.46. The van der Waals surface area contributed by atoms with Gasteiger partial charge >= 0.3 is 5.97 Å². The predicted molar refractivity (Wildman–Crippen MR) is 129 cm³/mol. The van der Waals surface area contributed by atoms with Crippen molar-refractivity contribution in [2.45, 2.75) is 150 Å². The van der Waals surface area contributed by atoms with E-state index in [0.717, 1.165) is 18.3 Å². The van der Waals surface area contributed by atoms with Gasteiger partial charge < -0.3 is 5.11 Å². The molecular formula is C27H54O2. The number of hydrogen-bond acceptors (Lipinski definition) is 1. The highest BCUT2D eigenvalue weighted by Gasteiger charge is 2.07. The number of carboxylic acids is 1. The average molecular weight is 411 g/mol. The van der Waals surface area contributed by atoms with Gasteiger partial charge in [0.2, 0.25) is 0 Å². The first-order valence-electron chi connectivity index (χ1n) is 13.2. The van der Waals surface area contributed by atoms with Gasteiger partial charge in [0.05, 0.1) is 0 Å². The largest absolute Gasteiger partial charge is 0.481 e. The molecule has 0 fully saturated rings. The molecular weight excluding hydrogens is 356 g/mol. The lowest BCUT2D eigenvalue weighted by Crippen LogP contribution is -2.03. The van der Waals surface area contributed by atoms with Crippen molar-refractivity contribution in [1.29, 1.82) is 0 Å². The van der Waals surface area contributed by atoms with Crippen molar-refractivity contribution in [3.8, 4) is 0 Å². The van der Waals surface area contributed by atoms with Crippen molar-refractivity contribution in [2.24, 2.45) is 17.8 Å². The number of rotatable bonds is 22. The summed E-state index contributed by atoms with van der Waals surface area (Å²) in [5.41, 5.74) is 0. The second kappa shape index (κ2) is 20.7. The standard InChI is InChI=1S/C27H54O2/c1-5-6-13-18-24(2)20-16-12-17-21-25(3)19-14-10-8-7-9-11-15-22-26(4)23-27(28)29/h24-26H,5-23H2,1-4H3,(H,28,29). The molecule has 0 saturated heterocycles. The van der Waals surface area contributed by atoms with Crippen molar-refractivity contribution < 1.29 is 9.90 Å². The molecule has 0 aliphatic rings. The fourth-order valence-electron chi connectivity index (χ4n) is 4.46. The molecule has 29 heavy (non-hydrogen) atoms. The van der Waals surface area contributed by atoms with Crippen molar-refractivity contribution in [1.82, 2.24) is 0 Å². The van der Waals surface area contributed by atoms with Gasteiger partial charge in [0.25, 0.3) is 0 Å². The molecule has 0 amide bonds. The molecule has 3 unspecified atom stereocenters. The number of carbonyl (C=O) groups is 1. The topological polar surface area (TPSA) is 37.3 Å². The molecule has 2 nitrogen and oxygen atoms in total. The van der Waals surface area contributed by atoms with Gasteiger partial charge in [-0.05, 0) is 17.8 Å². The number of aliphatic carboxylic acids is 1. The molecule has 1 N–H and O–H groups in total. The quantitative estimate of drug-likeness (QED) is 0.180. The molecule has 174 valence electrons. The summed E-state index contributed by atoms with van der Waals surface area (Å²) in [6.45, 7) is 9.25. The molecule has 0 aromatic rings. The Morgan fingerprint density at radius 3 is 1.24 bits per heavy atom. The summed E-state index contributed by atoms with van der Waals surface area (Å²) < 4.78 is 0. The van der Waals surface area contributed by atoms with Gasteiger partial charge in [0.15, 0.2) is 0 Å². The van der Waals surface area contributed by atoms with Gasteiger partial charge in [-0.2, -0.15) is 0 Å². The van der Waals surface area contributed by atoms with Crippen LogP contribution in [0.15, 0.2) is 0 Å². The zero-order valence-electron chi connectivity index (χ0n) is 20.5. The Kier molecular flexibility index (Phi) is 20.4. The minimum absolute atomic E-state index is 0.330. The highest BCUT2D eigenvalue weighted by molar-refractivity contribution is 5.66. The summed E-state index contributed by atoms with van der Waals surface area (Å²) in [6, 6.07) is 0. The van der Waals surface area contributed by atoms with Crippen LogP contribution in [0.25, 0.3) is 0 Å². The Morgan fingerprint density at radius 1 is 0.552 bits per heavy atom. The van der Waals surface area contributed by atoms with Crippen molar-refractivity contribution in [3.63, 3.8) is 0 Å². The normalized spacial score (nSPS) is 14.6. The van der Waals surface area contributed by atoms with Gasteiger partial charge in [-0.25, -0.2) is 0 Å². The molecule has 2 heteroatoms. The summed E-state index contributed by atoms with van der Waals surface area (Å²) in [5.74, 6) is 1.53. The highest BCUT2D eigenvalue weighted by atomic mass is 16.4. The summed E-state index contributed by atoms with van der Waals surface area (Å²) in [4.78, 5) is 10.6. The van der Waals surface area contributed by atoms with E-state index in [0.29, 0.717) is 12.3 Å². The minimum Gasteiger partial charge on any atom is -0.481 e. The molecule has 0 bridgehead atoms. The monoisotopic (exact) mass is 410 g/mol. The lowest BCUT2D eigenvalue weighted by molar-refractivity contribution is -0.138. The van der Waals surface area contributed by atoms with Crippen LogP contribution < -0.4 is 0 Å². The molecule has 0 radical (unpaired) electrons. The first-order chi connectivity index (χ1) is 14.0. The van der Waals surface area contributed by atoms with E-state index in [-0.39, 0.29) is 0 Å². The Bertz CT molecular complexity index is 352. The molecule has 0 aromatic heterocycles. The lowest BCUT2D eigenvalue weighted by Gasteiger charge is -2.13. The highest BCUT2D eigenvalue weighted by Crippen LogP contribution is 2.21. The zero-order chi connectivity index (χ0) is 21.7. The second-order valence-electron chi connectivity index (χ2n) is 10.1. The van der Waals surface area contributed by atoms with Gasteiger partial charge in [0, 0.05) is 6.42 Å². The van der Waals surface area contributed by atoms with Gasteiger partial charge in [-0.3, -0.25) is 4.79 Å². The number of hydrogen-bond donors (Lipinski definition) is 1. The third-order valence-corrected chi connectivity index (χ3v) is 6.61. The van der Waals surface area contributed by atoms with Crippen LogP contribution in [0, 0.1) is 17.8 Å². The van der Waals surface area contributed by atoms with Gasteiger partial charge in [0.1, 0.15) is 0 Å². The molecule has 0 aromatic carbocycles. The van der Waals surface area contributed by atoms with E-state index in [1.807, 2.05) is 0 Å². The number of carboxylic acid groups (broad SMARTS) is 1.